The van der Waals surface area contributed by atoms with Crippen molar-refractivity contribution in [3.63, 3.8) is 0 Å². The Morgan fingerprint density at radius 1 is 1.03 bits per heavy atom. The van der Waals surface area contributed by atoms with E-state index >= 15 is 0 Å². The van der Waals surface area contributed by atoms with E-state index in [-0.39, 0.29) is 22.6 Å². The molecule has 1 amide bonds. The molecule has 0 aromatic heterocycles. The first-order valence-electron chi connectivity index (χ1n) is 10.8. The number of amides is 1. The van der Waals surface area contributed by atoms with Crippen LogP contribution in [-0.4, -0.2) is 72.0 Å². The molecule has 7 nitrogen and oxygen atoms in total. The summed E-state index contributed by atoms with van der Waals surface area (Å²) in [6, 6.07) is -0.610. The SMILES string of the molecule is CO[C@H]1O[C@H](CO[Si](C)(C)C(C)(C)C)[C@@H](O)[C@H](O[Si](C)(C)C(C)(C)C)[C@H]1NC(C)=O. The van der Waals surface area contributed by atoms with Crippen molar-refractivity contribution in [1.82, 2.24) is 5.32 Å². The van der Waals surface area contributed by atoms with Crippen LogP contribution in [0.3, 0.4) is 0 Å². The molecule has 0 aromatic carbocycles. The highest BCUT2D eigenvalue weighted by atomic mass is 28.4. The van der Waals surface area contributed by atoms with Crippen molar-refractivity contribution in [1.29, 1.82) is 0 Å². The second-order valence-corrected chi connectivity index (χ2v) is 21.0. The fraction of sp³-hybridized carbons (Fsp3) is 0.952. The van der Waals surface area contributed by atoms with Crippen LogP contribution in [-0.2, 0) is 23.1 Å². The summed E-state index contributed by atoms with van der Waals surface area (Å²) in [6.45, 7) is 23.2. The second kappa shape index (κ2) is 9.68. The standard InChI is InChI=1S/C21H45NO6Si2/c1-14(23)22-16-18(28-30(11,12)21(5,6)7)17(24)15(27-19(16)25-8)13-26-29(9,10)20(2,3)4/h15-19,24H,13H2,1-12H3,(H,22,23)/t15-,16-,17-,18-,19+/m1/s1. The van der Waals surface area contributed by atoms with E-state index in [9.17, 15) is 9.90 Å². The molecule has 30 heavy (non-hydrogen) atoms. The predicted molar refractivity (Wildman–Crippen MR) is 125 cm³/mol. The molecular formula is C21H45NO6Si2. The minimum atomic E-state index is -2.24. The lowest BCUT2D eigenvalue weighted by atomic mass is 9.97. The molecule has 0 bridgehead atoms. The van der Waals surface area contributed by atoms with Crippen LogP contribution in [0, 0.1) is 0 Å². The van der Waals surface area contributed by atoms with Crippen LogP contribution < -0.4 is 5.32 Å². The quantitative estimate of drug-likeness (QED) is 0.561. The third-order valence-electron chi connectivity index (χ3n) is 6.93. The molecule has 1 heterocycles. The summed E-state index contributed by atoms with van der Waals surface area (Å²) in [5.74, 6) is -0.224. The smallest absolute Gasteiger partial charge is 0.217 e. The lowest BCUT2D eigenvalue weighted by molar-refractivity contribution is -0.259. The van der Waals surface area contributed by atoms with Crippen molar-refractivity contribution in [2.75, 3.05) is 13.7 Å². The topological polar surface area (TPSA) is 86.2 Å². The molecule has 0 unspecified atom stereocenters. The van der Waals surface area contributed by atoms with Gasteiger partial charge in [0.1, 0.15) is 18.2 Å². The van der Waals surface area contributed by atoms with E-state index < -0.39 is 47.3 Å². The van der Waals surface area contributed by atoms with Gasteiger partial charge in [-0.15, -0.1) is 0 Å². The summed E-state index contributed by atoms with van der Waals surface area (Å²) in [5.41, 5.74) is 0. The minimum Gasteiger partial charge on any atom is -0.414 e. The number of ether oxygens (including phenoxy) is 2. The van der Waals surface area contributed by atoms with Crippen molar-refractivity contribution >= 4 is 22.5 Å². The van der Waals surface area contributed by atoms with E-state index in [2.05, 4.69) is 73.0 Å². The number of aliphatic hydroxyl groups excluding tert-OH is 1. The van der Waals surface area contributed by atoms with Gasteiger partial charge < -0.3 is 28.7 Å². The molecule has 1 aliphatic heterocycles. The van der Waals surface area contributed by atoms with Gasteiger partial charge in [-0.3, -0.25) is 4.79 Å². The molecule has 9 heteroatoms. The zero-order valence-corrected chi connectivity index (χ0v) is 23.1. The highest BCUT2D eigenvalue weighted by Crippen LogP contribution is 2.40. The van der Waals surface area contributed by atoms with Gasteiger partial charge in [-0.1, -0.05) is 41.5 Å². The Morgan fingerprint density at radius 3 is 1.93 bits per heavy atom. The van der Waals surface area contributed by atoms with Crippen LogP contribution >= 0.6 is 0 Å². The molecule has 1 saturated heterocycles. The average molecular weight is 464 g/mol. The molecule has 1 rings (SSSR count). The minimum absolute atomic E-state index is 0.0447. The maximum atomic E-state index is 11.9. The van der Waals surface area contributed by atoms with Gasteiger partial charge in [-0.2, -0.15) is 0 Å². The molecule has 0 spiro atoms. The van der Waals surface area contributed by atoms with Gasteiger partial charge >= 0.3 is 0 Å². The third-order valence-corrected chi connectivity index (χ3v) is 15.9. The molecule has 0 aliphatic carbocycles. The molecule has 1 aliphatic rings. The average Bonchev–Trinajstić information content (AvgIpc) is 2.54. The van der Waals surface area contributed by atoms with Crippen molar-refractivity contribution in [3.8, 4) is 0 Å². The number of nitrogens with one attached hydrogen (secondary N) is 1. The molecule has 0 radical (unpaired) electrons. The van der Waals surface area contributed by atoms with Gasteiger partial charge in [-0.05, 0) is 36.3 Å². The Labute approximate surface area is 185 Å². The van der Waals surface area contributed by atoms with E-state index in [0.717, 1.165) is 0 Å². The first-order chi connectivity index (χ1) is 13.3. The Morgan fingerprint density at radius 2 is 1.53 bits per heavy atom. The normalized spacial score (nSPS) is 29.0. The van der Waals surface area contributed by atoms with Gasteiger partial charge in [0.2, 0.25) is 5.91 Å². The van der Waals surface area contributed by atoms with Crippen molar-refractivity contribution < 1.29 is 28.2 Å². The number of hydrogen-bond acceptors (Lipinski definition) is 6. The van der Waals surface area contributed by atoms with Crippen LogP contribution in [0.5, 0.6) is 0 Å². The van der Waals surface area contributed by atoms with Crippen molar-refractivity contribution in [2.45, 2.75) is 115 Å². The van der Waals surface area contributed by atoms with Gasteiger partial charge in [0.25, 0.3) is 0 Å². The van der Waals surface area contributed by atoms with Crippen LogP contribution in [0.1, 0.15) is 48.5 Å². The summed E-state index contributed by atoms with van der Waals surface area (Å²) in [6.07, 6.45) is -2.95. The zero-order valence-electron chi connectivity index (χ0n) is 21.1. The number of carbonyl (C=O) groups excluding carboxylic acids is 1. The second-order valence-electron chi connectivity index (χ2n) is 11.4. The van der Waals surface area contributed by atoms with E-state index in [4.69, 9.17) is 18.3 Å². The summed E-state index contributed by atoms with van der Waals surface area (Å²) in [7, 11) is -2.74. The van der Waals surface area contributed by atoms with E-state index in [0.29, 0.717) is 0 Å². The first kappa shape index (κ1) is 27.7. The number of aliphatic hydroxyl groups is 1. The van der Waals surface area contributed by atoms with Crippen LogP contribution in [0.15, 0.2) is 0 Å². The fourth-order valence-electron chi connectivity index (χ4n) is 2.81. The third kappa shape index (κ3) is 6.60. The Hall–Kier alpha value is -0.296. The van der Waals surface area contributed by atoms with Crippen molar-refractivity contribution in [3.05, 3.63) is 0 Å². The highest BCUT2D eigenvalue weighted by molar-refractivity contribution is 6.74. The fourth-order valence-corrected chi connectivity index (χ4v) is 5.14. The largest absolute Gasteiger partial charge is 0.414 e. The molecular weight excluding hydrogens is 418 g/mol. The summed E-state index contributed by atoms with van der Waals surface area (Å²) >= 11 is 0. The van der Waals surface area contributed by atoms with Gasteiger partial charge in [0, 0.05) is 14.0 Å². The molecule has 0 saturated carbocycles. The number of carbonyl (C=O) groups is 1. The maximum absolute atomic E-state index is 11.9. The van der Waals surface area contributed by atoms with Crippen LogP contribution in [0.25, 0.3) is 0 Å². The van der Waals surface area contributed by atoms with E-state index in [1.807, 2.05) is 0 Å². The van der Waals surface area contributed by atoms with Crippen LogP contribution in [0.2, 0.25) is 36.3 Å². The first-order valence-corrected chi connectivity index (χ1v) is 16.6. The Balaban J connectivity index is 3.18. The number of rotatable bonds is 7. The highest BCUT2D eigenvalue weighted by Gasteiger charge is 2.51. The van der Waals surface area contributed by atoms with Crippen molar-refractivity contribution in [2.24, 2.45) is 0 Å². The summed E-state index contributed by atoms with van der Waals surface area (Å²) < 4.78 is 24.5. The summed E-state index contributed by atoms with van der Waals surface area (Å²) in [4.78, 5) is 11.9. The number of hydrogen-bond donors (Lipinski definition) is 2. The van der Waals surface area contributed by atoms with Gasteiger partial charge in [0.05, 0.1) is 12.7 Å². The predicted octanol–water partition coefficient (Wildman–Crippen LogP) is 3.64. The molecule has 178 valence electrons. The van der Waals surface area contributed by atoms with Gasteiger partial charge in [-0.25, -0.2) is 0 Å². The zero-order chi connectivity index (χ0) is 23.7. The molecule has 1 fully saturated rings. The number of methoxy groups -OCH3 is 1. The van der Waals surface area contributed by atoms with Crippen LogP contribution in [0.4, 0.5) is 0 Å². The lowest BCUT2D eigenvalue weighted by Crippen LogP contribution is -2.67. The summed E-state index contributed by atoms with van der Waals surface area (Å²) in [5, 5.41) is 14.1. The molecule has 5 atom stereocenters. The molecule has 0 aromatic rings. The molecule has 2 N–H and O–H groups in total. The monoisotopic (exact) mass is 463 g/mol. The lowest BCUT2D eigenvalue weighted by Gasteiger charge is -2.49. The van der Waals surface area contributed by atoms with Gasteiger partial charge in [0.15, 0.2) is 22.9 Å². The van der Waals surface area contributed by atoms with E-state index in [1.165, 1.54) is 14.0 Å². The maximum Gasteiger partial charge on any atom is 0.217 e. The Bertz CT molecular complexity index is 585. The van der Waals surface area contributed by atoms with E-state index in [1.54, 1.807) is 0 Å². The Kier molecular flexibility index (Phi) is 8.95.